The molecule has 5 nitrogen and oxygen atoms in total. The summed E-state index contributed by atoms with van der Waals surface area (Å²) in [6, 6.07) is 0.339. The monoisotopic (exact) mass is 304 g/mol. The van der Waals surface area contributed by atoms with Crippen LogP contribution < -0.4 is 5.32 Å². The Morgan fingerprint density at radius 1 is 1.20 bits per heavy atom. The van der Waals surface area contributed by atoms with Gasteiger partial charge in [-0.15, -0.1) is 0 Å². The predicted octanol–water partition coefficient (Wildman–Crippen LogP) is 0.941. The fraction of sp³-hybridized carbons (Fsp3) is 1.00. The lowest BCUT2D eigenvalue weighted by atomic mass is 9.99. The van der Waals surface area contributed by atoms with E-state index in [1.54, 1.807) is 4.31 Å². The Morgan fingerprint density at radius 2 is 1.80 bits per heavy atom. The van der Waals surface area contributed by atoms with Gasteiger partial charge in [0.2, 0.25) is 10.0 Å². The molecule has 0 amide bonds. The number of piperidine rings is 1. The maximum absolute atomic E-state index is 11.4. The Bertz CT molecular complexity index is 385. The smallest absolute Gasteiger partial charge is 0.211 e. The van der Waals surface area contributed by atoms with Crippen LogP contribution in [0.15, 0.2) is 0 Å². The van der Waals surface area contributed by atoms with E-state index in [4.69, 9.17) is 0 Å². The standard InChI is InChI=1S/C14H28N2O3S/c1-20(18,19)16-8-6-13(7-9-16)15-11-14(17)10-12-4-2-3-5-12/h12-15,17H,2-11H2,1H3. The second kappa shape index (κ2) is 7.20. The molecule has 1 atom stereocenters. The van der Waals surface area contributed by atoms with E-state index < -0.39 is 10.0 Å². The van der Waals surface area contributed by atoms with Crippen molar-refractivity contribution in [1.82, 2.24) is 9.62 Å². The summed E-state index contributed by atoms with van der Waals surface area (Å²) in [7, 11) is -3.04. The van der Waals surface area contributed by atoms with Crippen LogP contribution in [-0.4, -0.2) is 55.9 Å². The molecule has 1 aliphatic carbocycles. The molecule has 2 rings (SSSR count). The van der Waals surface area contributed by atoms with Gasteiger partial charge in [0.15, 0.2) is 0 Å². The van der Waals surface area contributed by atoms with E-state index in [0.29, 0.717) is 31.6 Å². The average Bonchev–Trinajstić information content (AvgIpc) is 2.88. The van der Waals surface area contributed by atoms with Gasteiger partial charge in [-0.1, -0.05) is 25.7 Å². The summed E-state index contributed by atoms with van der Waals surface area (Å²) in [5, 5.41) is 13.4. The first-order chi connectivity index (χ1) is 9.45. The third-order valence-electron chi connectivity index (χ3n) is 4.65. The molecule has 0 bridgehead atoms. The third kappa shape index (κ3) is 4.98. The molecule has 2 N–H and O–H groups in total. The van der Waals surface area contributed by atoms with Gasteiger partial charge in [-0.2, -0.15) is 0 Å². The lowest BCUT2D eigenvalue weighted by Crippen LogP contribution is -2.46. The normalized spacial score (nSPS) is 25.1. The topological polar surface area (TPSA) is 69.6 Å². The quantitative estimate of drug-likeness (QED) is 0.766. The number of aliphatic hydroxyl groups is 1. The van der Waals surface area contributed by atoms with Gasteiger partial charge in [0, 0.05) is 25.7 Å². The van der Waals surface area contributed by atoms with Gasteiger partial charge in [-0.3, -0.25) is 0 Å². The van der Waals surface area contributed by atoms with Crippen LogP contribution in [0.3, 0.4) is 0 Å². The highest BCUT2D eigenvalue weighted by Gasteiger charge is 2.25. The molecule has 1 heterocycles. The maximum atomic E-state index is 11.4. The van der Waals surface area contributed by atoms with Crippen molar-refractivity contribution in [1.29, 1.82) is 0 Å². The van der Waals surface area contributed by atoms with E-state index in [0.717, 1.165) is 19.3 Å². The van der Waals surface area contributed by atoms with Gasteiger partial charge in [0.25, 0.3) is 0 Å². The van der Waals surface area contributed by atoms with Crippen molar-refractivity contribution in [3.8, 4) is 0 Å². The minimum Gasteiger partial charge on any atom is -0.392 e. The molecule has 2 aliphatic rings. The average molecular weight is 304 g/mol. The molecule has 20 heavy (non-hydrogen) atoms. The van der Waals surface area contributed by atoms with Gasteiger partial charge in [0.05, 0.1) is 12.4 Å². The van der Waals surface area contributed by atoms with Crippen molar-refractivity contribution in [2.24, 2.45) is 5.92 Å². The highest BCUT2D eigenvalue weighted by Crippen LogP contribution is 2.28. The summed E-state index contributed by atoms with van der Waals surface area (Å²) in [5.41, 5.74) is 0. The molecule has 1 aliphatic heterocycles. The number of hydrogen-bond donors (Lipinski definition) is 2. The van der Waals surface area contributed by atoms with Crippen LogP contribution >= 0.6 is 0 Å². The summed E-state index contributed by atoms with van der Waals surface area (Å²) in [4.78, 5) is 0. The SMILES string of the molecule is CS(=O)(=O)N1CCC(NCC(O)CC2CCCC2)CC1. The largest absolute Gasteiger partial charge is 0.392 e. The van der Waals surface area contributed by atoms with Crippen molar-refractivity contribution < 1.29 is 13.5 Å². The Labute approximate surface area is 122 Å². The molecular weight excluding hydrogens is 276 g/mol. The molecule has 0 aromatic carbocycles. The lowest BCUT2D eigenvalue weighted by molar-refractivity contribution is 0.132. The fourth-order valence-corrected chi connectivity index (χ4v) is 4.28. The molecule has 6 heteroatoms. The number of hydrogen-bond acceptors (Lipinski definition) is 4. The lowest BCUT2D eigenvalue weighted by Gasteiger charge is -2.31. The van der Waals surface area contributed by atoms with E-state index in [1.165, 1.54) is 31.9 Å². The van der Waals surface area contributed by atoms with Crippen LogP contribution in [0.2, 0.25) is 0 Å². The predicted molar refractivity (Wildman–Crippen MR) is 80.0 cm³/mol. The van der Waals surface area contributed by atoms with Crippen molar-refractivity contribution >= 4 is 10.0 Å². The molecule has 1 saturated heterocycles. The zero-order valence-corrected chi connectivity index (χ0v) is 13.2. The summed E-state index contributed by atoms with van der Waals surface area (Å²) in [5.74, 6) is 0.707. The zero-order valence-electron chi connectivity index (χ0n) is 12.4. The van der Waals surface area contributed by atoms with Crippen LogP contribution in [0, 0.1) is 5.92 Å². The molecule has 0 radical (unpaired) electrons. The second-order valence-corrected chi connectivity index (χ2v) is 8.37. The number of sulfonamides is 1. The maximum Gasteiger partial charge on any atom is 0.211 e. The van der Waals surface area contributed by atoms with Crippen molar-refractivity contribution in [2.75, 3.05) is 25.9 Å². The van der Waals surface area contributed by atoms with Gasteiger partial charge in [-0.05, 0) is 25.2 Å². The Hall–Kier alpha value is -0.170. The van der Waals surface area contributed by atoms with Crippen LogP contribution in [0.5, 0.6) is 0 Å². The first kappa shape index (κ1) is 16.2. The number of nitrogens with zero attached hydrogens (tertiary/aromatic N) is 1. The number of rotatable bonds is 6. The van der Waals surface area contributed by atoms with Gasteiger partial charge >= 0.3 is 0 Å². The molecule has 1 unspecified atom stereocenters. The molecular formula is C14H28N2O3S. The Morgan fingerprint density at radius 3 is 2.35 bits per heavy atom. The van der Waals surface area contributed by atoms with E-state index >= 15 is 0 Å². The summed E-state index contributed by atoms with van der Waals surface area (Å²) < 4.78 is 24.4. The van der Waals surface area contributed by atoms with Crippen LogP contribution in [0.1, 0.15) is 44.9 Å². The first-order valence-electron chi connectivity index (χ1n) is 7.81. The molecule has 0 aromatic heterocycles. The Kier molecular flexibility index (Phi) is 5.84. The molecule has 0 aromatic rings. The van der Waals surface area contributed by atoms with Crippen molar-refractivity contribution in [3.63, 3.8) is 0 Å². The summed E-state index contributed by atoms with van der Waals surface area (Å²) >= 11 is 0. The van der Waals surface area contributed by atoms with Crippen molar-refractivity contribution in [2.45, 2.75) is 57.1 Å². The van der Waals surface area contributed by atoms with E-state index in [9.17, 15) is 13.5 Å². The Balaban J connectivity index is 1.63. The van der Waals surface area contributed by atoms with Gasteiger partial charge in [-0.25, -0.2) is 12.7 Å². The number of nitrogens with one attached hydrogen (secondary N) is 1. The highest BCUT2D eigenvalue weighted by atomic mass is 32.2. The molecule has 1 saturated carbocycles. The van der Waals surface area contributed by atoms with E-state index in [1.807, 2.05) is 0 Å². The second-order valence-electron chi connectivity index (χ2n) is 6.38. The van der Waals surface area contributed by atoms with Gasteiger partial charge < -0.3 is 10.4 Å². The molecule has 2 fully saturated rings. The third-order valence-corrected chi connectivity index (χ3v) is 5.95. The summed E-state index contributed by atoms with van der Waals surface area (Å²) in [6.45, 7) is 1.82. The summed E-state index contributed by atoms with van der Waals surface area (Å²) in [6.07, 6.45) is 8.76. The van der Waals surface area contributed by atoms with Crippen LogP contribution in [0.4, 0.5) is 0 Å². The molecule has 118 valence electrons. The number of aliphatic hydroxyl groups excluding tert-OH is 1. The van der Waals surface area contributed by atoms with Crippen molar-refractivity contribution in [3.05, 3.63) is 0 Å². The first-order valence-corrected chi connectivity index (χ1v) is 9.66. The highest BCUT2D eigenvalue weighted by molar-refractivity contribution is 7.88. The van der Waals surface area contributed by atoms with Crippen LogP contribution in [-0.2, 0) is 10.0 Å². The fourth-order valence-electron chi connectivity index (χ4n) is 3.41. The molecule has 0 spiro atoms. The van der Waals surface area contributed by atoms with Gasteiger partial charge in [0.1, 0.15) is 0 Å². The van der Waals surface area contributed by atoms with Crippen LogP contribution in [0.25, 0.3) is 0 Å². The minimum absolute atomic E-state index is 0.258. The van der Waals surface area contributed by atoms with E-state index in [2.05, 4.69) is 5.32 Å². The van der Waals surface area contributed by atoms with E-state index in [-0.39, 0.29) is 6.10 Å². The minimum atomic E-state index is -3.04. The zero-order chi connectivity index (χ0) is 14.6.